The number of rotatable bonds is 6. The molecular weight excluding hydrogens is 364 g/mol. The number of amides is 1. The molecule has 1 fully saturated rings. The van der Waals surface area contributed by atoms with E-state index in [2.05, 4.69) is 4.98 Å². The third kappa shape index (κ3) is 3.41. The highest BCUT2D eigenvalue weighted by atomic mass is 16.5. The smallest absolute Gasteiger partial charge is 0.295 e. The van der Waals surface area contributed by atoms with Crippen LogP contribution < -0.4 is 4.74 Å². The summed E-state index contributed by atoms with van der Waals surface area (Å²) >= 11 is 0. The van der Waals surface area contributed by atoms with Crippen molar-refractivity contribution < 1.29 is 29.3 Å². The summed E-state index contributed by atoms with van der Waals surface area (Å²) in [5, 5.41) is 20.7. The highest BCUT2D eigenvalue weighted by Gasteiger charge is 2.46. The second kappa shape index (κ2) is 8.10. The second-order valence-electron chi connectivity index (χ2n) is 6.15. The molecule has 3 rings (SSSR count). The van der Waals surface area contributed by atoms with Crippen molar-refractivity contribution in [2.24, 2.45) is 0 Å². The van der Waals surface area contributed by atoms with Gasteiger partial charge < -0.3 is 24.6 Å². The topological polar surface area (TPSA) is 109 Å². The van der Waals surface area contributed by atoms with E-state index in [1.54, 1.807) is 18.2 Å². The van der Waals surface area contributed by atoms with Crippen LogP contribution in [0.25, 0.3) is 5.76 Å². The zero-order valence-corrected chi connectivity index (χ0v) is 15.5. The number of carbonyl (C=O) groups is 2. The molecule has 28 heavy (non-hydrogen) atoms. The van der Waals surface area contributed by atoms with E-state index in [0.29, 0.717) is 11.1 Å². The number of aromatic hydroxyl groups is 1. The van der Waals surface area contributed by atoms with Crippen LogP contribution in [-0.2, 0) is 14.3 Å². The third-order valence-electron chi connectivity index (χ3n) is 4.55. The number of pyridine rings is 1. The molecule has 0 bridgehead atoms. The van der Waals surface area contributed by atoms with Gasteiger partial charge in [-0.25, -0.2) is 0 Å². The molecule has 8 heteroatoms. The van der Waals surface area contributed by atoms with Crippen LogP contribution in [0.2, 0.25) is 0 Å². The number of phenols is 1. The van der Waals surface area contributed by atoms with Crippen molar-refractivity contribution >= 4 is 17.4 Å². The molecule has 0 spiro atoms. The first-order valence-corrected chi connectivity index (χ1v) is 8.54. The molecule has 0 radical (unpaired) electrons. The molecule has 0 saturated carbocycles. The van der Waals surface area contributed by atoms with E-state index >= 15 is 0 Å². The molecule has 2 N–H and O–H groups in total. The predicted octanol–water partition coefficient (Wildman–Crippen LogP) is 1.86. The molecular formula is C20H20N2O6. The first kappa shape index (κ1) is 19.4. The Morgan fingerprint density at radius 2 is 1.89 bits per heavy atom. The number of aliphatic hydroxyl groups excluding tert-OH is 1. The molecule has 1 saturated heterocycles. The first-order chi connectivity index (χ1) is 13.5. The van der Waals surface area contributed by atoms with Crippen LogP contribution in [0.5, 0.6) is 11.5 Å². The fourth-order valence-electron chi connectivity index (χ4n) is 3.18. The Hall–Kier alpha value is -3.39. The number of ether oxygens (including phenoxy) is 2. The summed E-state index contributed by atoms with van der Waals surface area (Å²) in [6.45, 7) is 0.371. The molecule has 2 heterocycles. The number of likely N-dealkylation sites (tertiary alicyclic amines) is 1. The predicted molar refractivity (Wildman–Crippen MR) is 99.8 cm³/mol. The average molecular weight is 384 g/mol. The van der Waals surface area contributed by atoms with Crippen LogP contribution in [0.1, 0.15) is 17.2 Å². The summed E-state index contributed by atoms with van der Waals surface area (Å²) in [7, 11) is 2.89. The van der Waals surface area contributed by atoms with Gasteiger partial charge in [0.2, 0.25) is 0 Å². The van der Waals surface area contributed by atoms with Gasteiger partial charge in [-0.2, -0.15) is 0 Å². The largest absolute Gasteiger partial charge is 0.507 e. The van der Waals surface area contributed by atoms with Crippen LogP contribution in [0.4, 0.5) is 0 Å². The summed E-state index contributed by atoms with van der Waals surface area (Å²) < 4.78 is 10.2. The van der Waals surface area contributed by atoms with Gasteiger partial charge in [0.25, 0.3) is 11.7 Å². The van der Waals surface area contributed by atoms with Gasteiger partial charge in [-0.3, -0.25) is 14.6 Å². The Morgan fingerprint density at radius 1 is 1.18 bits per heavy atom. The van der Waals surface area contributed by atoms with Gasteiger partial charge in [-0.1, -0.05) is 6.07 Å². The molecule has 1 atom stereocenters. The average Bonchev–Trinajstić information content (AvgIpc) is 2.97. The van der Waals surface area contributed by atoms with Crippen molar-refractivity contribution in [1.29, 1.82) is 0 Å². The van der Waals surface area contributed by atoms with Crippen molar-refractivity contribution in [2.75, 3.05) is 27.4 Å². The first-order valence-electron chi connectivity index (χ1n) is 8.54. The SMILES string of the molecule is COCCN1C(=O)C(=O)/C(=C(/O)c2ccncc2)C1c1ccc(O)c(OC)c1. The van der Waals surface area contributed by atoms with Crippen molar-refractivity contribution in [3.8, 4) is 11.5 Å². The number of carbonyl (C=O) groups excluding carboxylic acids is 2. The monoisotopic (exact) mass is 384 g/mol. The molecule has 2 aromatic rings. The number of benzene rings is 1. The van der Waals surface area contributed by atoms with E-state index in [9.17, 15) is 19.8 Å². The van der Waals surface area contributed by atoms with Gasteiger partial charge in [-0.05, 0) is 29.8 Å². The Labute approximate surface area is 161 Å². The summed E-state index contributed by atoms with van der Waals surface area (Å²) in [6.07, 6.45) is 2.96. The number of aliphatic hydroxyl groups is 1. The van der Waals surface area contributed by atoms with Gasteiger partial charge in [0.05, 0.1) is 25.3 Å². The summed E-state index contributed by atoms with van der Waals surface area (Å²) in [5.41, 5.74) is 0.844. The fourth-order valence-corrected chi connectivity index (χ4v) is 3.18. The third-order valence-corrected chi connectivity index (χ3v) is 4.55. The van der Waals surface area contributed by atoms with E-state index in [-0.39, 0.29) is 36.0 Å². The Morgan fingerprint density at radius 3 is 2.54 bits per heavy atom. The molecule has 1 aromatic heterocycles. The molecule has 8 nitrogen and oxygen atoms in total. The number of Topliss-reactive ketones (excluding diaryl/α,β-unsaturated/α-hetero) is 1. The van der Waals surface area contributed by atoms with Crippen LogP contribution in [-0.4, -0.2) is 59.2 Å². The molecule has 0 aliphatic carbocycles. The molecule has 1 amide bonds. The van der Waals surface area contributed by atoms with Crippen molar-refractivity contribution in [1.82, 2.24) is 9.88 Å². The normalized spacial score (nSPS) is 18.5. The molecule has 1 aliphatic rings. The lowest BCUT2D eigenvalue weighted by molar-refractivity contribution is -0.140. The van der Waals surface area contributed by atoms with Crippen molar-refractivity contribution in [3.63, 3.8) is 0 Å². The lowest BCUT2D eigenvalue weighted by Gasteiger charge is -2.25. The lowest BCUT2D eigenvalue weighted by atomic mass is 9.95. The van der Waals surface area contributed by atoms with Gasteiger partial charge in [0.15, 0.2) is 11.5 Å². The van der Waals surface area contributed by atoms with Crippen molar-refractivity contribution in [3.05, 3.63) is 59.4 Å². The Balaban J connectivity index is 2.18. The molecule has 146 valence electrons. The molecule has 1 unspecified atom stereocenters. The van der Waals surface area contributed by atoms with Crippen LogP contribution in [0.3, 0.4) is 0 Å². The molecule has 1 aliphatic heterocycles. The summed E-state index contributed by atoms with van der Waals surface area (Å²) in [4.78, 5) is 30.6. The van der Waals surface area contributed by atoms with Crippen LogP contribution in [0.15, 0.2) is 48.3 Å². The summed E-state index contributed by atoms with van der Waals surface area (Å²) in [5.74, 6) is -1.70. The Bertz CT molecular complexity index is 926. The number of methoxy groups -OCH3 is 2. The second-order valence-corrected chi connectivity index (χ2v) is 6.15. The molecule has 1 aromatic carbocycles. The minimum absolute atomic E-state index is 0.0416. The minimum atomic E-state index is -0.849. The van der Waals surface area contributed by atoms with E-state index in [4.69, 9.17) is 9.47 Å². The van der Waals surface area contributed by atoms with E-state index < -0.39 is 17.7 Å². The highest BCUT2D eigenvalue weighted by molar-refractivity contribution is 6.46. The zero-order chi connectivity index (χ0) is 20.3. The lowest BCUT2D eigenvalue weighted by Crippen LogP contribution is -2.32. The number of phenolic OH excluding ortho intramolecular Hbond substituents is 1. The summed E-state index contributed by atoms with van der Waals surface area (Å²) in [6, 6.07) is 6.77. The standard InChI is InChI=1S/C20H20N2O6/c1-27-10-9-22-17(13-3-4-14(23)15(11-13)28-2)16(19(25)20(22)26)18(24)12-5-7-21-8-6-12/h3-8,11,17,23-24H,9-10H2,1-2H3/b18-16+. The maximum atomic E-state index is 12.8. The van der Waals surface area contributed by atoms with Gasteiger partial charge in [-0.15, -0.1) is 0 Å². The van der Waals surface area contributed by atoms with Gasteiger partial charge in [0, 0.05) is 31.6 Å². The fraction of sp³-hybridized carbons (Fsp3) is 0.250. The van der Waals surface area contributed by atoms with E-state index in [0.717, 1.165) is 0 Å². The minimum Gasteiger partial charge on any atom is -0.507 e. The number of hydrogen-bond acceptors (Lipinski definition) is 7. The van der Waals surface area contributed by atoms with Crippen LogP contribution >= 0.6 is 0 Å². The zero-order valence-electron chi connectivity index (χ0n) is 15.5. The number of aromatic nitrogens is 1. The Kier molecular flexibility index (Phi) is 5.60. The number of hydrogen-bond donors (Lipinski definition) is 2. The number of ketones is 1. The van der Waals surface area contributed by atoms with Crippen LogP contribution in [0, 0.1) is 0 Å². The maximum absolute atomic E-state index is 12.8. The van der Waals surface area contributed by atoms with Gasteiger partial charge in [0.1, 0.15) is 5.76 Å². The van der Waals surface area contributed by atoms with E-state index in [1.807, 2.05) is 0 Å². The van der Waals surface area contributed by atoms with E-state index in [1.165, 1.54) is 43.6 Å². The maximum Gasteiger partial charge on any atom is 0.295 e. The number of nitrogens with zero attached hydrogens (tertiary/aromatic N) is 2. The van der Waals surface area contributed by atoms with Crippen molar-refractivity contribution in [2.45, 2.75) is 6.04 Å². The highest BCUT2D eigenvalue weighted by Crippen LogP contribution is 2.41. The quantitative estimate of drug-likeness (QED) is 0.444. The van der Waals surface area contributed by atoms with Gasteiger partial charge >= 0.3 is 0 Å².